The highest BCUT2D eigenvalue weighted by Crippen LogP contribution is 2.34. The maximum atomic E-state index is 12.6. The number of carbonyl (C=O) groups is 2. The molecule has 0 spiro atoms. The van der Waals surface area contributed by atoms with Crippen LogP contribution in [-0.2, 0) is 11.2 Å². The lowest BCUT2D eigenvalue weighted by molar-refractivity contribution is -0.125. The van der Waals surface area contributed by atoms with E-state index in [0.29, 0.717) is 17.8 Å². The van der Waals surface area contributed by atoms with Crippen LogP contribution in [0.2, 0.25) is 0 Å². The first-order valence-electron chi connectivity index (χ1n) is 7.65. The van der Waals surface area contributed by atoms with E-state index in [1.54, 1.807) is 6.07 Å². The quantitative estimate of drug-likeness (QED) is 0.908. The van der Waals surface area contributed by atoms with E-state index in [1.165, 1.54) is 11.3 Å². The fourth-order valence-corrected chi connectivity index (χ4v) is 3.31. The molecule has 0 unspecified atom stereocenters. The zero-order chi connectivity index (χ0) is 16.6. The minimum Gasteiger partial charge on any atom is -0.322 e. The molecule has 1 aliphatic rings. The standard InChI is InChI=1S/C18H20N2O2S/c1-18(2,3)17(22)20-8-6-12-4-5-14(10-15(12)20)19-16(21)13-7-9-23-11-13/h4-5,7,9-11H,6,8H2,1-3H3,(H,19,21). The van der Waals surface area contributed by atoms with Crippen LogP contribution < -0.4 is 10.2 Å². The van der Waals surface area contributed by atoms with Gasteiger partial charge in [0.25, 0.3) is 5.91 Å². The predicted octanol–water partition coefficient (Wildman–Crippen LogP) is 3.94. The van der Waals surface area contributed by atoms with Crippen molar-refractivity contribution in [1.82, 2.24) is 0 Å². The zero-order valence-electron chi connectivity index (χ0n) is 13.6. The van der Waals surface area contributed by atoms with E-state index in [2.05, 4.69) is 5.32 Å². The second kappa shape index (κ2) is 5.81. The van der Waals surface area contributed by atoms with Crippen molar-refractivity contribution in [2.75, 3.05) is 16.8 Å². The molecular formula is C18H20N2O2S. The molecule has 2 aromatic rings. The molecule has 0 saturated heterocycles. The molecular weight excluding hydrogens is 308 g/mol. The first-order chi connectivity index (χ1) is 10.9. The van der Waals surface area contributed by atoms with Gasteiger partial charge in [0, 0.05) is 28.7 Å². The number of nitrogens with zero attached hydrogens (tertiary/aromatic N) is 1. The number of hydrogen-bond donors (Lipinski definition) is 1. The minimum atomic E-state index is -0.419. The fourth-order valence-electron chi connectivity index (χ4n) is 2.67. The lowest BCUT2D eigenvalue weighted by Crippen LogP contribution is -2.38. The van der Waals surface area contributed by atoms with Gasteiger partial charge in [-0.3, -0.25) is 9.59 Å². The Morgan fingerprint density at radius 3 is 2.65 bits per heavy atom. The van der Waals surface area contributed by atoms with Gasteiger partial charge >= 0.3 is 0 Å². The molecule has 1 N–H and O–H groups in total. The Hall–Kier alpha value is -2.14. The van der Waals surface area contributed by atoms with Gasteiger partial charge in [0.15, 0.2) is 0 Å². The summed E-state index contributed by atoms with van der Waals surface area (Å²) in [5, 5.41) is 6.60. The maximum Gasteiger partial charge on any atom is 0.256 e. The number of anilines is 2. The van der Waals surface area contributed by atoms with Crippen molar-refractivity contribution in [3.05, 3.63) is 46.2 Å². The summed E-state index contributed by atoms with van der Waals surface area (Å²) in [6.07, 6.45) is 0.857. The van der Waals surface area contributed by atoms with Gasteiger partial charge < -0.3 is 10.2 Å². The third-order valence-corrected chi connectivity index (χ3v) is 4.59. The predicted molar refractivity (Wildman–Crippen MR) is 94.2 cm³/mol. The summed E-state index contributed by atoms with van der Waals surface area (Å²) >= 11 is 1.49. The number of thiophene rings is 1. The molecule has 23 heavy (non-hydrogen) atoms. The maximum absolute atomic E-state index is 12.6. The molecule has 0 radical (unpaired) electrons. The number of benzene rings is 1. The highest BCUT2D eigenvalue weighted by atomic mass is 32.1. The van der Waals surface area contributed by atoms with Crippen molar-refractivity contribution in [3.8, 4) is 0 Å². The van der Waals surface area contributed by atoms with Gasteiger partial charge in [0.1, 0.15) is 0 Å². The van der Waals surface area contributed by atoms with Crippen molar-refractivity contribution in [2.24, 2.45) is 5.41 Å². The lowest BCUT2D eigenvalue weighted by Gasteiger charge is -2.26. The molecule has 0 bridgehead atoms. The molecule has 1 aliphatic heterocycles. The number of carbonyl (C=O) groups excluding carboxylic acids is 2. The number of fused-ring (bicyclic) bond motifs is 1. The number of amides is 2. The third kappa shape index (κ3) is 3.15. The largest absolute Gasteiger partial charge is 0.322 e. The first-order valence-corrected chi connectivity index (χ1v) is 8.59. The lowest BCUT2D eigenvalue weighted by atomic mass is 9.94. The van der Waals surface area contributed by atoms with Crippen LogP contribution in [0.5, 0.6) is 0 Å². The molecule has 120 valence electrons. The number of nitrogens with one attached hydrogen (secondary N) is 1. The molecule has 2 heterocycles. The van der Waals surface area contributed by atoms with E-state index < -0.39 is 5.41 Å². The van der Waals surface area contributed by atoms with Crippen LogP contribution >= 0.6 is 11.3 Å². The van der Waals surface area contributed by atoms with Crippen LogP contribution in [0.3, 0.4) is 0 Å². The van der Waals surface area contributed by atoms with Crippen molar-refractivity contribution in [3.63, 3.8) is 0 Å². The van der Waals surface area contributed by atoms with E-state index in [1.807, 2.05) is 54.6 Å². The summed E-state index contributed by atoms with van der Waals surface area (Å²) in [5.41, 5.74) is 3.01. The molecule has 4 nitrogen and oxygen atoms in total. The molecule has 0 atom stereocenters. The molecule has 3 rings (SSSR count). The Bertz CT molecular complexity index is 745. The smallest absolute Gasteiger partial charge is 0.256 e. The average molecular weight is 328 g/mol. The molecule has 5 heteroatoms. The Kier molecular flexibility index (Phi) is 3.98. The summed E-state index contributed by atoms with van der Waals surface area (Å²) in [4.78, 5) is 26.6. The van der Waals surface area contributed by atoms with Gasteiger partial charge in [-0.05, 0) is 35.6 Å². The highest BCUT2D eigenvalue weighted by molar-refractivity contribution is 7.08. The first kappa shape index (κ1) is 15.7. The van der Waals surface area contributed by atoms with Crippen molar-refractivity contribution < 1.29 is 9.59 Å². The Morgan fingerprint density at radius 1 is 1.22 bits per heavy atom. The SMILES string of the molecule is CC(C)(C)C(=O)N1CCc2ccc(NC(=O)c3ccsc3)cc21. The van der Waals surface area contributed by atoms with E-state index in [4.69, 9.17) is 0 Å². The Morgan fingerprint density at radius 2 is 2.00 bits per heavy atom. The fraction of sp³-hybridized carbons (Fsp3) is 0.333. The normalized spacial score (nSPS) is 13.8. The topological polar surface area (TPSA) is 49.4 Å². The van der Waals surface area contributed by atoms with Crippen LogP contribution in [0.25, 0.3) is 0 Å². The molecule has 0 fully saturated rings. The van der Waals surface area contributed by atoms with Crippen molar-refractivity contribution in [2.45, 2.75) is 27.2 Å². The highest BCUT2D eigenvalue weighted by Gasteiger charge is 2.32. The Balaban J connectivity index is 1.84. The summed E-state index contributed by atoms with van der Waals surface area (Å²) in [7, 11) is 0. The van der Waals surface area contributed by atoms with Crippen LogP contribution in [-0.4, -0.2) is 18.4 Å². The van der Waals surface area contributed by atoms with Gasteiger partial charge in [0.2, 0.25) is 5.91 Å². The molecule has 0 aliphatic carbocycles. The summed E-state index contributed by atoms with van der Waals surface area (Å²) in [5.74, 6) is -0.0181. The Labute approximate surface area is 140 Å². The summed E-state index contributed by atoms with van der Waals surface area (Å²) in [6.45, 7) is 6.48. The summed E-state index contributed by atoms with van der Waals surface area (Å²) in [6, 6.07) is 7.59. The third-order valence-electron chi connectivity index (χ3n) is 3.91. The molecule has 1 aromatic carbocycles. The molecule has 2 amide bonds. The van der Waals surface area contributed by atoms with E-state index in [-0.39, 0.29) is 11.8 Å². The van der Waals surface area contributed by atoms with Crippen LogP contribution in [0.4, 0.5) is 11.4 Å². The van der Waals surface area contributed by atoms with Gasteiger partial charge in [-0.1, -0.05) is 26.8 Å². The van der Waals surface area contributed by atoms with Gasteiger partial charge in [-0.2, -0.15) is 11.3 Å². The van der Waals surface area contributed by atoms with Gasteiger partial charge in [-0.25, -0.2) is 0 Å². The van der Waals surface area contributed by atoms with E-state index >= 15 is 0 Å². The van der Waals surface area contributed by atoms with E-state index in [0.717, 1.165) is 17.7 Å². The zero-order valence-corrected chi connectivity index (χ0v) is 14.4. The number of hydrogen-bond acceptors (Lipinski definition) is 3. The molecule has 1 aromatic heterocycles. The van der Waals surface area contributed by atoms with Crippen LogP contribution in [0.1, 0.15) is 36.7 Å². The van der Waals surface area contributed by atoms with Gasteiger partial charge in [0.05, 0.1) is 5.56 Å². The number of rotatable bonds is 2. The van der Waals surface area contributed by atoms with Gasteiger partial charge in [-0.15, -0.1) is 0 Å². The van der Waals surface area contributed by atoms with Crippen molar-refractivity contribution >= 4 is 34.5 Å². The van der Waals surface area contributed by atoms with Crippen LogP contribution in [0.15, 0.2) is 35.0 Å². The summed E-state index contributed by atoms with van der Waals surface area (Å²) < 4.78 is 0. The minimum absolute atomic E-state index is 0.109. The monoisotopic (exact) mass is 328 g/mol. The second-order valence-corrected chi connectivity index (χ2v) is 7.55. The average Bonchev–Trinajstić information content (AvgIpc) is 3.14. The van der Waals surface area contributed by atoms with E-state index in [9.17, 15) is 9.59 Å². The second-order valence-electron chi connectivity index (χ2n) is 6.77. The van der Waals surface area contributed by atoms with Crippen molar-refractivity contribution in [1.29, 1.82) is 0 Å². The molecule has 0 saturated carbocycles. The van der Waals surface area contributed by atoms with Crippen LogP contribution in [0, 0.1) is 5.41 Å².